The number of hydrogen-bond donors (Lipinski definition) is 2. The molecule has 2 rings (SSSR count). The van der Waals surface area contributed by atoms with E-state index in [4.69, 9.17) is 0 Å². The first kappa shape index (κ1) is 19.5. The zero-order chi connectivity index (χ0) is 15.6. The molecular weight excluding hydrogens is 401 g/mol. The van der Waals surface area contributed by atoms with Gasteiger partial charge in [-0.3, -0.25) is 4.68 Å². The summed E-state index contributed by atoms with van der Waals surface area (Å²) in [5.41, 5.74) is 2.36. The second kappa shape index (κ2) is 11.0. The number of rotatable bonds is 7. The molecule has 5 nitrogen and oxygen atoms in total. The third kappa shape index (κ3) is 7.02. The lowest BCUT2D eigenvalue weighted by molar-refractivity contribution is 0.686. The van der Waals surface area contributed by atoms with Crippen LogP contribution >= 0.6 is 24.0 Å². The van der Waals surface area contributed by atoms with E-state index >= 15 is 0 Å². The maximum atomic E-state index is 4.58. The van der Waals surface area contributed by atoms with Crippen LogP contribution in [0.5, 0.6) is 0 Å². The molecule has 0 amide bonds. The van der Waals surface area contributed by atoms with Gasteiger partial charge in [0.15, 0.2) is 5.96 Å². The number of aromatic nitrogens is 2. The summed E-state index contributed by atoms with van der Waals surface area (Å²) in [6, 6.07) is 10.3. The Labute approximate surface area is 155 Å². The fourth-order valence-electron chi connectivity index (χ4n) is 2.10. The zero-order valence-corrected chi connectivity index (χ0v) is 16.2. The number of hydrogen-bond acceptors (Lipinski definition) is 2. The maximum absolute atomic E-state index is 4.58. The molecule has 0 fully saturated rings. The van der Waals surface area contributed by atoms with E-state index in [2.05, 4.69) is 52.9 Å². The van der Waals surface area contributed by atoms with Crippen LogP contribution in [0.25, 0.3) is 0 Å². The highest BCUT2D eigenvalue weighted by Crippen LogP contribution is 2.05. The van der Waals surface area contributed by atoms with Crippen molar-refractivity contribution in [2.75, 3.05) is 13.1 Å². The highest BCUT2D eigenvalue weighted by molar-refractivity contribution is 14.0. The van der Waals surface area contributed by atoms with Crippen LogP contribution in [0.2, 0.25) is 0 Å². The van der Waals surface area contributed by atoms with Crippen molar-refractivity contribution in [3.05, 3.63) is 53.9 Å². The lowest BCUT2D eigenvalue weighted by atomic mass is 10.2. The molecular formula is C17H26IN5. The number of guanidine groups is 1. The molecule has 0 saturated heterocycles. The van der Waals surface area contributed by atoms with Gasteiger partial charge in [-0.05, 0) is 18.9 Å². The Balaban J connectivity index is 0.00000264. The van der Waals surface area contributed by atoms with Gasteiger partial charge in [0, 0.05) is 24.8 Å². The van der Waals surface area contributed by atoms with E-state index in [1.807, 2.05) is 29.1 Å². The molecule has 0 aliphatic heterocycles. The van der Waals surface area contributed by atoms with Crippen LogP contribution in [0.4, 0.5) is 0 Å². The van der Waals surface area contributed by atoms with Gasteiger partial charge in [-0.15, -0.1) is 24.0 Å². The highest BCUT2D eigenvalue weighted by Gasteiger charge is 2.01. The van der Waals surface area contributed by atoms with Gasteiger partial charge in [-0.2, -0.15) is 5.10 Å². The molecule has 0 spiro atoms. The quantitative estimate of drug-likeness (QED) is 0.406. The van der Waals surface area contributed by atoms with Gasteiger partial charge in [-0.1, -0.05) is 37.3 Å². The van der Waals surface area contributed by atoms with Crippen molar-refractivity contribution in [3.63, 3.8) is 0 Å². The van der Waals surface area contributed by atoms with E-state index in [0.717, 1.165) is 37.6 Å². The normalized spacial score (nSPS) is 11.0. The van der Waals surface area contributed by atoms with Crippen LogP contribution in [0.15, 0.2) is 47.7 Å². The smallest absolute Gasteiger partial charge is 0.191 e. The second-order valence-corrected chi connectivity index (χ2v) is 5.15. The number of nitrogens with zero attached hydrogens (tertiary/aromatic N) is 3. The zero-order valence-electron chi connectivity index (χ0n) is 13.8. The summed E-state index contributed by atoms with van der Waals surface area (Å²) in [4.78, 5) is 4.58. The fourth-order valence-corrected chi connectivity index (χ4v) is 2.10. The summed E-state index contributed by atoms with van der Waals surface area (Å²) < 4.78 is 1.95. The van der Waals surface area contributed by atoms with Gasteiger partial charge in [0.25, 0.3) is 0 Å². The molecule has 1 heterocycles. The molecule has 23 heavy (non-hydrogen) atoms. The van der Waals surface area contributed by atoms with Crippen LogP contribution < -0.4 is 10.6 Å². The van der Waals surface area contributed by atoms with Crippen molar-refractivity contribution in [2.45, 2.75) is 33.4 Å². The van der Waals surface area contributed by atoms with Crippen LogP contribution in [0.3, 0.4) is 0 Å². The minimum atomic E-state index is 0. The van der Waals surface area contributed by atoms with E-state index in [-0.39, 0.29) is 24.0 Å². The highest BCUT2D eigenvalue weighted by atomic mass is 127. The van der Waals surface area contributed by atoms with Crippen molar-refractivity contribution < 1.29 is 0 Å². The molecule has 0 saturated carbocycles. The molecule has 0 atom stereocenters. The molecule has 2 aromatic rings. The molecule has 0 unspecified atom stereocenters. The van der Waals surface area contributed by atoms with E-state index in [1.54, 1.807) is 0 Å². The molecule has 1 aromatic heterocycles. The molecule has 0 bridgehead atoms. The van der Waals surface area contributed by atoms with Crippen LogP contribution in [-0.2, 0) is 13.1 Å². The third-order valence-corrected chi connectivity index (χ3v) is 3.18. The Morgan fingerprint density at radius 2 is 1.91 bits per heavy atom. The summed E-state index contributed by atoms with van der Waals surface area (Å²) in [5.74, 6) is 0.861. The van der Waals surface area contributed by atoms with Crippen molar-refractivity contribution in [1.29, 1.82) is 0 Å². The summed E-state index contributed by atoms with van der Waals surface area (Å²) in [6.07, 6.45) is 5.02. The van der Waals surface area contributed by atoms with Crippen molar-refractivity contribution in [1.82, 2.24) is 20.4 Å². The summed E-state index contributed by atoms with van der Waals surface area (Å²) in [6.45, 7) is 7.43. The Morgan fingerprint density at radius 3 is 2.61 bits per heavy atom. The van der Waals surface area contributed by atoms with Crippen LogP contribution in [0, 0.1) is 0 Å². The molecule has 0 aliphatic carbocycles. The summed E-state index contributed by atoms with van der Waals surface area (Å²) >= 11 is 0. The number of aliphatic imine (C=N–C) groups is 1. The topological polar surface area (TPSA) is 54.2 Å². The average Bonchev–Trinajstić information content (AvgIpc) is 2.98. The second-order valence-electron chi connectivity index (χ2n) is 5.15. The summed E-state index contributed by atoms with van der Waals surface area (Å²) in [7, 11) is 0. The third-order valence-electron chi connectivity index (χ3n) is 3.18. The van der Waals surface area contributed by atoms with Crippen molar-refractivity contribution in [3.8, 4) is 0 Å². The van der Waals surface area contributed by atoms with Gasteiger partial charge in [0.1, 0.15) is 0 Å². The molecule has 1 aromatic carbocycles. The van der Waals surface area contributed by atoms with Gasteiger partial charge >= 0.3 is 0 Å². The first-order valence-corrected chi connectivity index (χ1v) is 7.89. The van der Waals surface area contributed by atoms with Crippen molar-refractivity contribution in [2.24, 2.45) is 4.99 Å². The van der Waals surface area contributed by atoms with Gasteiger partial charge in [0.2, 0.25) is 0 Å². The van der Waals surface area contributed by atoms with E-state index in [0.29, 0.717) is 6.54 Å². The van der Waals surface area contributed by atoms with Gasteiger partial charge < -0.3 is 10.6 Å². The SMILES string of the molecule is CCCNC(=NCc1cnn(Cc2ccccc2)c1)NCC.I. The van der Waals surface area contributed by atoms with E-state index in [9.17, 15) is 0 Å². The van der Waals surface area contributed by atoms with Crippen molar-refractivity contribution >= 4 is 29.9 Å². The first-order chi connectivity index (χ1) is 10.8. The van der Waals surface area contributed by atoms with Gasteiger partial charge in [-0.25, -0.2) is 4.99 Å². The first-order valence-electron chi connectivity index (χ1n) is 7.89. The number of nitrogens with one attached hydrogen (secondary N) is 2. The number of benzene rings is 1. The van der Waals surface area contributed by atoms with E-state index < -0.39 is 0 Å². The predicted octanol–water partition coefficient (Wildman–Crippen LogP) is 3.01. The largest absolute Gasteiger partial charge is 0.357 e. The lowest BCUT2D eigenvalue weighted by Crippen LogP contribution is -2.37. The predicted molar refractivity (Wildman–Crippen MR) is 106 cm³/mol. The number of halogens is 1. The Kier molecular flexibility index (Phi) is 9.35. The Bertz CT molecular complexity index is 580. The van der Waals surface area contributed by atoms with Crippen LogP contribution in [0.1, 0.15) is 31.4 Å². The summed E-state index contributed by atoms with van der Waals surface area (Å²) in [5, 5.41) is 10.9. The average molecular weight is 427 g/mol. The Hall–Kier alpha value is -1.57. The molecule has 6 heteroatoms. The molecule has 0 radical (unpaired) electrons. The lowest BCUT2D eigenvalue weighted by Gasteiger charge is -2.09. The van der Waals surface area contributed by atoms with Gasteiger partial charge in [0.05, 0.1) is 19.3 Å². The minimum absolute atomic E-state index is 0. The standard InChI is InChI=1S/C17H25N5.HI/c1-3-10-19-17(18-4-2)20-11-16-12-21-22(14-16)13-15-8-6-5-7-9-15;/h5-9,12,14H,3-4,10-11,13H2,1-2H3,(H2,18,19,20);1H. The Morgan fingerprint density at radius 1 is 1.13 bits per heavy atom. The van der Waals surface area contributed by atoms with Crippen LogP contribution in [-0.4, -0.2) is 28.8 Å². The minimum Gasteiger partial charge on any atom is -0.357 e. The molecule has 2 N–H and O–H groups in total. The van der Waals surface area contributed by atoms with E-state index in [1.165, 1.54) is 5.56 Å². The molecule has 126 valence electrons. The monoisotopic (exact) mass is 427 g/mol. The molecule has 0 aliphatic rings. The maximum Gasteiger partial charge on any atom is 0.191 e. The fraction of sp³-hybridized carbons (Fsp3) is 0.412.